The highest BCUT2D eigenvalue weighted by Crippen LogP contribution is 2.16. The Labute approximate surface area is 98.6 Å². The first kappa shape index (κ1) is 13.0. The van der Waals surface area contributed by atoms with Crippen LogP contribution in [0.2, 0.25) is 0 Å². The zero-order valence-corrected chi connectivity index (χ0v) is 9.43. The number of hydrogen-bond donors (Lipinski definition) is 2. The van der Waals surface area contributed by atoms with Gasteiger partial charge in [-0.2, -0.15) is 0 Å². The molecule has 0 saturated heterocycles. The number of benzene rings is 1. The van der Waals surface area contributed by atoms with Crippen LogP contribution >= 0.6 is 0 Å². The van der Waals surface area contributed by atoms with Gasteiger partial charge >= 0.3 is 11.9 Å². The zero-order chi connectivity index (χ0) is 12.9. The molecule has 0 spiro atoms. The van der Waals surface area contributed by atoms with Gasteiger partial charge in [0.05, 0.1) is 12.7 Å². The van der Waals surface area contributed by atoms with Gasteiger partial charge in [-0.1, -0.05) is 5.92 Å². The fraction of sp³-hybridized carbons (Fsp3) is 0.250. The third kappa shape index (κ3) is 3.79. The Morgan fingerprint density at radius 1 is 1.29 bits per heavy atom. The number of carbonyl (C=O) groups excluding carboxylic acids is 1. The average molecular weight is 236 g/mol. The molecule has 0 heterocycles. The van der Waals surface area contributed by atoms with Crippen molar-refractivity contribution < 1.29 is 24.5 Å². The van der Waals surface area contributed by atoms with Crippen molar-refractivity contribution >= 4 is 5.97 Å². The van der Waals surface area contributed by atoms with Crippen LogP contribution in [0.5, 0.6) is 5.75 Å². The van der Waals surface area contributed by atoms with Crippen LogP contribution in [0.4, 0.5) is 0 Å². The van der Waals surface area contributed by atoms with Crippen LogP contribution in [0.15, 0.2) is 24.3 Å². The smallest absolute Gasteiger partial charge is 0.393 e. The van der Waals surface area contributed by atoms with Crippen molar-refractivity contribution in [2.75, 3.05) is 7.11 Å². The minimum absolute atomic E-state index is 0.172. The van der Waals surface area contributed by atoms with Crippen molar-refractivity contribution in [1.82, 2.24) is 0 Å². The SMILES string of the molecule is CC#CC(O)(O)Oc1ccc(C(=O)OC)cc1. The molecule has 0 atom stereocenters. The summed E-state index contributed by atoms with van der Waals surface area (Å²) in [5.41, 5.74) is 0.336. The number of hydrogen-bond acceptors (Lipinski definition) is 5. The summed E-state index contributed by atoms with van der Waals surface area (Å²) in [6.45, 7) is 1.45. The van der Waals surface area contributed by atoms with Crippen LogP contribution in [0.3, 0.4) is 0 Å². The van der Waals surface area contributed by atoms with Crippen LogP contribution in [0, 0.1) is 11.8 Å². The Morgan fingerprint density at radius 3 is 2.35 bits per heavy atom. The lowest BCUT2D eigenvalue weighted by atomic mass is 10.2. The second-order valence-corrected chi connectivity index (χ2v) is 3.10. The summed E-state index contributed by atoms with van der Waals surface area (Å²) >= 11 is 0. The Balaban J connectivity index is 2.81. The summed E-state index contributed by atoms with van der Waals surface area (Å²) in [7, 11) is 1.27. The van der Waals surface area contributed by atoms with Gasteiger partial charge in [0, 0.05) is 5.92 Å². The van der Waals surface area contributed by atoms with E-state index in [4.69, 9.17) is 4.74 Å². The number of aliphatic hydroxyl groups is 2. The summed E-state index contributed by atoms with van der Waals surface area (Å²) in [6.07, 6.45) is 0. The molecule has 5 heteroatoms. The summed E-state index contributed by atoms with van der Waals surface area (Å²) in [4.78, 5) is 11.1. The molecule has 0 aliphatic rings. The standard InChI is InChI=1S/C12H12O5/c1-3-8-12(14,15)17-10-6-4-9(5-7-10)11(13)16-2/h4-7,14-15H,1-2H3. The van der Waals surface area contributed by atoms with E-state index in [-0.39, 0.29) is 5.75 Å². The van der Waals surface area contributed by atoms with Crippen LogP contribution in [0.1, 0.15) is 17.3 Å². The van der Waals surface area contributed by atoms with E-state index < -0.39 is 11.9 Å². The lowest BCUT2D eigenvalue weighted by Crippen LogP contribution is -2.33. The normalized spacial score (nSPS) is 10.1. The van der Waals surface area contributed by atoms with E-state index in [1.807, 2.05) is 0 Å². The van der Waals surface area contributed by atoms with E-state index in [2.05, 4.69) is 16.6 Å². The molecule has 17 heavy (non-hydrogen) atoms. The molecule has 0 aliphatic carbocycles. The van der Waals surface area contributed by atoms with Gasteiger partial charge < -0.3 is 19.7 Å². The second-order valence-electron chi connectivity index (χ2n) is 3.10. The maximum atomic E-state index is 11.1. The van der Waals surface area contributed by atoms with E-state index >= 15 is 0 Å². The van der Waals surface area contributed by atoms with E-state index in [1.54, 1.807) is 0 Å². The van der Waals surface area contributed by atoms with E-state index in [9.17, 15) is 15.0 Å². The molecule has 1 aromatic carbocycles. The van der Waals surface area contributed by atoms with Crippen LogP contribution in [0.25, 0.3) is 0 Å². The Morgan fingerprint density at radius 2 is 1.88 bits per heavy atom. The highest BCUT2D eigenvalue weighted by Gasteiger charge is 2.22. The minimum Gasteiger partial charge on any atom is -0.465 e. The summed E-state index contributed by atoms with van der Waals surface area (Å²) in [6, 6.07) is 5.70. The maximum Gasteiger partial charge on any atom is 0.393 e. The largest absolute Gasteiger partial charge is 0.465 e. The van der Waals surface area contributed by atoms with Crippen molar-refractivity contribution in [3.8, 4) is 17.6 Å². The summed E-state index contributed by atoms with van der Waals surface area (Å²) in [5.74, 6) is 1.53. The van der Waals surface area contributed by atoms with Crippen molar-refractivity contribution in [2.24, 2.45) is 0 Å². The Hall–Kier alpha value is -2.03. The van der Waals surface area contributed by atoms with Gasteiger partial charge in [0.15, 0.2) is 0 Å². The van der Waals surface area contributed by atoms with Crippen molar-refractivity contribution in [1.29, 1.82) is 0 Å². The molecule has 0 unspecified atom stereocenters. The number of methoxy groups -OCH3 is 1. The number of ether oxygens (including phenoxy) is 2. The predicted molar refractivity (Wildman–Crippen MR) is 59.0 cm³/mol. The van der Waals surface area contributed by atoms with Gasteiger partial charge in [0.25, 0.3) is 0 Å². The third-order valence-electron chi connectivity index (χ3n) is 1.82. The zero-order valence-electron chi connectivity index (χ0n) is 9.43. The summed E-state index contributed by atoms with van der Waals surface area (Å²) < 4.78 is 9.31. The van der Waals surface area contributed by atoms with Gasteiger partial charge in [-0.3, -0.25) is 0 Å². The molecule has 0 fully saturated rings. The lowest BCUT2D eigenvalue weighted by Gasteiger charge is -2.16. The highest BCUT2D eigenvalue weighted by molar-refractivity contribution is 5.89. The fourth-order valence-electron chi connectivity index (χ4n) is 1.13. The van der Waals surface area contributed by atoms with Crippen molar-refractivity contribution in [3.63, 3.8) is 0 Å². The Kier molecular flexibility index (Phi) is 4.10. The number of esters is 1. The Bertz CT molecular complexity index is 450. The minimum atomic E-state index is -2.54. The topological polar surface area (TPSA) is 76.0 Å². The average Bonchev–Trinajstić information content (AvgIpc) is 2.28. The van der Waals surface area contributed by atoms with Gasteiger partial charge in [0.2, 0.25) is 0 Å². The van der Waals surface area contributed by atoms with Crippen LogP contribution in [-0.4, -0.2) is 29.3 Å². The molecule has 0 aliphatic heterocycles. The molecule has 0 saturated carbocycles. The van der Waals surface area contributed by atoms with Gasteiger partial charge in [-0.25, -0.2) is 4.79 Å². The van der Waals surface area contributed by atoms with E-state index in [1.165, 1.54) is 38.3 Å². The van der Waals surface area contributed by atoms with E-state index in [0.717, 1.165) is 0 Å². The summed E-state index contributed by atoms with van der Waals surface area (Å²) in [5, 5.41) is 18.5. The molecule has 0 amide bonds. The molecular weight excluding hydrogens is 224 g/mol. The highest BCUT2D eigenvalue weighted by atomic mass is 16.8. The van der Waals surface area contributed by atoms with E-state index in [0.29, 0.717) is 5.56 Å². The number of rotatable bonds is 3. The second kappa shape index (κ2) is 5.34. The quantitative estimate of drug-likeness (QED) is 0.454. The first-order chi connectivity index (χ1) is 7.98. The van der Waals surface area contributed by atoms with Gasteiger partial charge in [-0.15, -0.1) is 0 Å². The molecule has 2 N–H and O–H groups in total. The lowest BCUT2D eigenvalue weighted by molar-refractivity contribution is -0.245. The molecule has 1 rings (SSSR count). The molecule has 90 valence electrons. The van der Waals surface area contributed by atoms with Gasteiger partial charge in [-0.05, 0) is 31.2 Å². The van der Waals surface area contributed by atoms with Crippen LogP contribution < -0.4 is 4.74 Å². The molecule has 0 aromatic heterocycles. The maximum absolute atomic E-state index is 11.1. The predicted octanol–water partition coefficient (Wildman–Crippen LogP) is 0.514. The molecule has 5 nitrogen and oxygen atoms in total. The first-order valence-corrected chi connectivity index (χ1v) is 4.74. The fourth-order valence-corrected chi connectivity index (χ4v) is 1.13. The molecular formula is C12H12O5. The third-order valence-corrected chi connectivity index (χ3v) is 1.82. The first-order valence-electron chi connectivity index (χ1n) is 4.74. The molecule has 0 bridgehead atoms. The molecule has 0 radical (unpaired) electrons. The van der Waals surface area contributed by atoms with Gasteiger partial charge in [0.1, 0.15) is 5.75 Å². The van der Waals surface area contributed by atoms with Crippen molar-refractivity contribution in [2.45, 2.75) is 12.9 Å². The van der Waals surface area contributed by atoms with Crippen LogP contribution in [-0.2, 0) is 4.74 Å². The monoisotopic (exact) mass is 236 g/mol. The number of carbonyl (C=O) groups is 1. The van der Waals surface area contributed by atoms with Crippen molar-refractivity contribution in [3.05, 3.63) is 29.8 Å². The molecule has 1 aromatic rings.